The molecule has 2 fully saturated rings. The summed E-state index contributed by atoms with van der Waals surface area (Å²) in [6, 6.07) is 0. The van der Waals surface area contributed by atoms with Crippen molar-refractivity contribution in [3.63, 3.8) is 0 Å². The Morgan fingerprint density at radius 2 is 1.95 bits per heavy atom. The van der Waals surface area contributed by atoms with E-state index in [2.05, 4.69) is 4.90 Å². The number of esters is 1. The fraction of sp³-hybridized carbons (Fsp3) is 0.824. The minimum Gasteiger partial charge on any atom is -0.465 e. The van der Waals surface area contributed by atoms with E-state index in [0.29, 0.717) is 39.0 Å². The van der Waals surface area contributed by atoms with Gasteiger partial charge in [0, 0.05) is 24.9 Å². The molecule has 1 saturated heterocycles. The summed E-state index contributed by atoms with van der Waals surface area (Å²) >= 11 is 0. The van der Waals surface area contributed by atoms with E-state index in [1.54, 1.807) is 13.8 Å². The van der Waals surface area contributed by atoms with Crippen LogP contribution in [0.15, 0.2) is 0 Å². The molecule has 0 spiro atoms. The predicted octanol–water partition coefficient (Wildman–Crippen LogP) is 1.98. The zero-order valence-corrected chi connectivity index (χ0v) is 13.9. The largest absolute Gasteiger partial charge is 0.465 e. The van der Waals surface area contributed by atoms with E-state index in [9.17, 15) is 14.4 Å². The lowest BCUT2D eigenvalue weighted by atomic mass is 9.56. The molecule has 5 heteroatoms. The monoisotopic (exact) mass is 309 g/mol. The number of ether oxygens (including phenoxy) is 1. The third kappa shape index (κ3) is 2.83. The first kappa shape index (κ1) is 17.1. The zero-order chi connectivity index (χ0) is 16.4. The number of likely N-dealkylation sites (tertiary alicyclic amines) is 1. The van der Waals surface area contributed by atoms with E-state index in [0.717, 1.165) is 19.4 Å². The Balaban J connectivity index is 2.35. The molecular formula is C17H27NO4. The van der Waals surface area contributed by atoms with E-state index in [4.69, 9.17) is 4.74 Å². The van der Waals surface area contributed by atoms with Crippen LogP contribution in [0.4, 0.5) is 0 Å². The van der Waals surface area contributed by atoms with Gasteiger partial charge in [-0.2, -0.15) is 0 Å². The first-order valence-corrected chi connectivity index (χ1v) is 8.34. The average Bonchev–Trinajstić information content (AvgIpc) is 2.46. The second-order valence-electron chi connectivity index (χ2n) is 6.77. The number of carbonyl (C=O) groups is 3. The summed E-state index contributed by atoms with van der Waals surface area (Å²) in [5.41, 5.74) is -1.57. The lowest BCUT2D eigenvalue weighted by Gasteiger charge is -2.53. The van der Waals surface area contributed by atoms with E-state index >= 15 is 0 Å². The van der Waals surface area contributed by atoms with Gasteiger partial charge < -0.3 is 14.4 Å². The van der Waals surface area contributed by atoms with E-state index < -0.39 is 10.8 Å². The van der Waals surface area contributed by atoms with Crippen molar-refractivity contribution in [3.05, 3.63) is 0 Å². The summed E-state index contributed by atoms with van der Waals surface area (Å²) in [5, 5.41) is 0. The smallest absolute Gasteiger partial charge is 0.320 e. The maximum Gasteiger partial charge on any atom is 0.320 e. The molecule has 1 aliphatic heterocycles. The molecule has 2 aliphatic rings. The van der Waals surface area contributed by atoms with Crippen molar-refractivity contribution in [1.82, 2.24) is 4.90 Å². The Hall–Kier alpha value is -1.23. The van der Waals surface area contributed by atoms with Crippen molar-refractivity contribution in [3.8, 4) is 0 Å². The van der Waals surface area contributed by atoms with Crippen LogP contribution >= 0.6 is 0 Å². The summed E-state index contributed by atoms with van der Waals surface area (Å²) in [4.78, 5) is 39.3. The fourth-order valence-corrected chi connectivity index (χ4v) is 4.12. The molecule has 2 rings (SSSR count). The van der Waals surface area contributed by atoms with Crippen LogP contribution in [-0.4, -0.2) is 48.7 Å². The molecule has 5 nitrogen and oxygen atoms in total. The lowest BCUT2D eigenvalue weighted by Crippen LogP contribution is -2.65. The molecule has 1 heterocycles. The van der Waals surface area contributed by atoms with Crippen molar-refractivity contribution in [2.45, 2.75) is 52.9 Å². The number of ketones is 2. The Labute approximate surface area is 132 Å². The molecule has 2 atom stereocenters. The SMILES string of the molecule is CCOC(=O)[C@]12CCC[C@](CCC(C)=O)(CN(CC)C1)C2=O. The van der Waals surface area contributed by atoms with Crippen molar-refractivity contribution in [2.24, 2.45) is 10.8 Å². The normalized spacial score (nSPS) is 31.9. The average molecular weight is 309 g/mol. The van der Waals surface area contributed by atoms with Crippen molar-refractivity contribution >= 4 is 17.5 Å². The van der Waals surface area contributed by atoms with Crippen LogP contribution in [0.3, 0.4) is 0 Å². The van der Waals surface area contributed by atoms with Crippen LogP contribution in [0.25, 0.3) is 0 Å². The Morgan fingerprint density at radius 1 is 1.23 bits per heavy atom. The van der Waals surface area contributed by atoms with Gasteiger partial charge >= 0.3 is 5.97 Å². The van der Waals surface area contributed by atoms with E-state index in [-0.39, 0.29) is 17.5 Å². The second kappa shape index (κ2) is 6.49. The third-order valence-corrected chi connectivity index (χ3v) is 5.26. The molecule has 0 radical (unpaired) electrons. The molecule has 1 saturated carbocycles. The van der Waals surface area contributed by atoms with Crippen LogP contribution in [0.1, 0.15) is 52.9 Å². The van der Waals surface area contributed by atoms with Gasteiger partial charge in [0.25, 0.3) is 0 Å². The van der Waals surface area contributed by atoms with Crippen molar-refractivity contribution in [2.75, 3.05) is 26.2 Å². The van der Waals surface area contributed by atoms with Gasteiger partial charge in [-0.05, 0) is 39.7 Å². The van der Waals surface area contributed by atoms with Gasteiger partial charge in [0.05, 0.1) is 6.61 Å². The van der Waals surface area contributed by atoms with Gasteiger partial charge in [0.1, 0.15) is 11.2 Å². The fourth-order valence-electron chi connectivity index (χ4n) is 4.12. The highest BCUT2D eigenvalue weighted by Gasteiger charge is 2.61. The standard InChI is InChI=1S/C17H27NO4/c1-4-18-11-16(10-7-13(3)19)8-6-9-17(12-18,14(16)20)15(21)22-5-2/h4-12H2,1-3H3/t16-,17+/m0/s1. The molecule has 0 aromatic carbocycles. The maximum atomic E-state index is 13.2. The summed E-state index contributed by atoms with van der Waals surface area (Å²) in [7, 11) is 0. The van der Waals surface area contributed by atoms with Crippen LogP contribution in [0.2, 0.25) is 0 Å². The van der Waals surface area contributed by atoms with Gasteiger partial charge in [-0.25, -0.2) is 0 Å². The number of rotatable bonds is 6. The van der Waals surface area contributed by atoms with Gasteiger partial charge in [-0.3, -0.25) is 9.59 Å². The van der Waals surface area contributed by atoms with Gasteiger partial charge in [-0.1, -0.05) is 13.3 Å². The Kier molecular flexibility index (Phi) is 5.05. The Morgan fingerprint density at radius 3 is 2.55 bits per heavy atom. The van der Waals surface area contributed by atoms with Gasteiger partial charge in [0.15, 0.2) is 5.78 Å². The number of carbonyl (C=O) groups excluding carboxylic acids is 3. The zero-order valence-electron chi connectivity index (χ0n) is 13.9. The van der Waals surface area contributed by atoms with Crippen LogP contribution in [-0.2, 0) is 19.1 Å². The summed E-state index contributed by atoms with van der Waals surface area (Å²) in [5.74, 6) is -0.246. The highest BCUT2D eigenvalue weighted by atomic mass is 16.5. The molecule has 2 bridgehead atoms. The topological polar surface area (TPSA) is 63.7 Å². The number of hydrogen-bond acceptors (Lipinski definition) is 5. The van der Waals surface area contributed by atoms with Crippen molar-refractivity contribution in [1.29, 1.82) is 0 Å². The van der Waals surface area contributed by atoms with E-state index in [1.165, 1.54) is 0 Å². The molecule has 1 aliphatic carbocycles. The molecule has 0 N–H and O–H groups in total. The van der Waals surface area contributed by atoms with Crippen LogP contribution in [0, 0.1) is 10.8 Å². The second-order valence-corrected chi connectivity index (χ2v) is 6.77. The predicted molar refractivity (Wildman–Crippen MR) is 82.4 cm³/mol. The maximum absolute atomic E-state index is 13.2. The molecule has 0 aromatic rings. The molecule has 22 heavy (non-hydrogen) atoms. The summed E-state index contributed by atoms with van der Waals surface area (Å²) in [6.45, 7) is 7.59. The molecule has 124 valence electrons. The highest BCUT2D eigenvalue weighted by Crippen LogP contribution is 2.50. The van der Waals surface area contributed by atoms with Gasteiger partial charge in [-0.15, -0.1) is 0 Å². The minimum absolute atomic E-state index is 0.0238. The number of Topliss-reactive ketones (excluding diaryl/α,β-unsaturated/α-hetero) is 2. The number of nitrogens with zero attached hydrogens (tertiary/aromatic N) is 1. The Bertz CT molecular complexity index is 475. The molecule has 0 aromatic heterocycles. The van der Waals surface area contributed by atoms with Crippen LogP contribution < -0.4 is 0 Å². The quantitative estimate of drug-likeness (QED) is 0.554. The highest BCUT2D eigenvalue weighted by molar-refractivity contribution is 6.08. The number of piperidine rings is 1. The van der Waals surface area contributed by atoms with E-state index in [1.807, 2.05) is 6.92 Å². The first-order chi connectivity index (χ1) is 10.4. The van der Waals surface area contributed by atoms with Gasteiger partial charge in [0.2, 0.25) is 0 Å². The van der Waals surface area contributed by atoms with Crippen LogP contribution in [0.5, 0.6) is 0 Å². The number of fused-ring (bicyclic) bond motifs is 2. The number of hydrogen-bond donors (Lipinski definition) is 0. The first-order valence-electron chi connectivity index (χ1n) is 8.34. The third-order valence-electron chi connectivity index (χ3n) is 5.26. The molecular weight excluding hydrogens is 282 g/mol. The van der Waals surface area contributed by atoms with Crippen molar-refractivity contribution < 1.29 is 19.1 Å². The summed E-state index contributed by atoms with van der Waals surface area (Å²) in [6.07, 6.45) is 3.15. The molecule has 0 amide bonds. The minimum atomic E-state index is -1.01. The summed E-state index contributed by atoms with van der Waals surface area (Å²) < 4.78 is 5.24. The molecule has 0 unspecified atom stereocenters. The lowest BCUT2D eigenvalue weighted by molar-refractivity contribution is -0.176.